The van der Waals surface area contributed by atoms with Crippen molar-refractivity contribution in [3.63, 3.8) is 0 Å². The fourth-order valence-corrected chi connectivity index (χ4v) is 5.34. The van der Waals surface area contributed by atoms with Gasteiger partial charge in [-0.05, 0) is 31.6 Å². The maximum Gasteiger partial charge on any atom is 0.240 e. The molecule has 2 saturated heterocycles. The molecule has 22 heavy (non-hydrogen) atoms. The number of aromatic nitrogens is 1. The van der Waals surface area contributed by atoms with Gasteiger partial charge in [-0.15, -0.1) is 4.31 Å². The van der Waals surface area contributed by atoms with Crippen molar-refractivity contribution in [2.45, 2.75) is 38.0 Å². The average molecular weight is 327 g/mol. The molecule has 1 N–H and O–H groups in total. The molecule has 0 saturated carbocycles. The molecule has 0 bridgehead atoms. The quantitative estimate of drug-likeness (QED) is 0.818. The number of nitrogens with one attached hydrogen (secondary N) is 1. The van der Waals surface area contributed by atoms with Crippen molar-refractivity contribution < 1.29 is 18.1 Å². The summed E-state index contributed by atoms with van der Waals surface area (Å²) in [5.41, 5.74) is 0.400. The number of aryl methyl sites for hydroxylation is 2. The van der Waals surface area contributed by atoms with Gasteiger partial charge < -0.3 is 14.4 Å². The molecule has 1 aromatic heterocycles. The van der Waals surface area contributed by atoms with E-state index in [1.807, 2.05) is 0 Å². The number of hydrogen-bond acceptors (Lipinski definition) is 5. The van der Waals surface area contributed by atoms with Gasteiger partial charge in [0.05, 0.1) is 0 Å². The third-order valence-corrected chi connectivity index (χ3v) is 6.81. The number of amides is 1. The Labute approximate surface area is 130 Å². The lowest BCUT2D eigenvalue weighted by Crippen LogP contribution is -2.46. The van der Waals surface area contributed by atoms with Crippen molar-refractivity contribution in [2.75, 3.05) is 19.6 Å². The van der Waals surface area contributed by atoms with Gasteiger partial charge in [-0.2, -0.15) is 0 Å². The van der Waals surface area contributed by atoms with Crippen molar-refractivity contribution in [2.24, 2.45) is 11.8 Å². The summed E-state index contributed by atoms with van der Waals surface area (Å²) in [5, 5.41) is 6.62. The Balaban J connectivity index is 1.82. The molecule has 1 amide bonds. The van der Waals surface area contributed by atoms with Crippen molar-refractivity contribution in [3.05, 3.63) is 11.5 Å². The summed E-state index contributed by atoms with van der Waals surface area (Å²) >= 11 is 0. The van der Waals surface area contributed by atoms with Crippen LogP contribution >= 0.6 is 0 Å². The number of carbonyl (C=O) groups is 1. The van der Waals surface area contributed by atoms with E-state index in [0.29, 0.717) is 37.5 Å². The van der Waals surface area contributed by atoms with Gasteiger partial charge >= 0.3 is 0 Å². The monoisotopic (exact) mass is 327 g/mol. The number of carbonyl (C=O) groups excluding carboxylic acids is 1. The van der Waals surface area contributed by atoms with E-state index >= 15 is 0 Å². The first-order chi connectivity index (χ1) is 10.4. The second-order valence-corrected chi connectivity index (χ2v) is 8.04. The molecule has 0 spiro atoms. The van der Waals surface area contributed by atoms with Gasteiger partial charge in [0.15, 0.2) is 16.2 Å². The molecule has 0 radical (unpaired) electrons. The van der Waals surface area contributed by atoms with Gasteiger partial charge in [0.25, 0.3) is 0 Å². The predicted molar refractivity (Wildman–Crippen MR) is 78.5 cm³/mol. The molecule has 3 rings (SSSR count). The van der Waals surface area contributed by atoms with Gasteiger partial charge in [0.2, 0.25) is 10.8 Å². The molecule has 122 valence electrons. The second kappa shape index (κ2) is 5.75. The molecular formula is C14H21N3O4S. The minimum absolute atomic E-state index is 0.0783. The molecule has 3 atom stereocenters. The van der Waals surface area contributed by atoms with Gasteiger partial charge in [-0.1, -0.05) is 9.37 Å². The van der Waals surface area contributed by atoms with Gasteiger partial charge in [-0.3, -0.25) is 4.79 Å². The molecular weight excluding hydrogens is 306 g/mol. The first kappa shape index (κ1) is 15.6. The van der Waals surface area contributed by atoms with E-state index < -0.39 is 10.4 Å². The summed E-state index contributed by atoms with van der Waals surface area (Å²) in [4.78, 5) is 11.8. The summed E-state index contributed by atoms with van der Waals surface area (Å²) in [6, 6.07) is 0. The standard InChI is InChI=1S/C14H21N3O4S/c1-9-14(10(2)21-16-9)22(19,20)17-6-4-11-7-13(18)15-5-3-12(11)8-17/h11-12H,3-8H2,1-2H3,(H-,15,18,19,20). The molecule has 3 heterocycles. The molecule has 2 fully saturated rings. The predicted octanol–water partition coefficient (Wildman–Crippen LogP) is 1.04. The van der Waals surface area contributed by atoms with Crippen molar-refractivity contribution >= 4 is 16.3 Å². The van der Waals surface area contributed by atoms with Crippen LogP contribution in [0.25, 0.3) is 0 Å². The maximum atomic E-state index is 12.9. The van der Waals surface area contributed by atoms with Crippen LogP contribution in [0.3, 0.4) is 0 Å². The van der Waals surface area contributed by atoms with E-state index in [9.17, 15) is 13.6 Å². The average Bonchev–Trinajstić information content (AvgIpc) is 2.68. The Morgan fingerprint density at radius 2 is 2.14 bits per heavy atom. The molecule has 1 aromatic rings. The van der Waals surface area contributed by atoms with Crippen LogP contribution < -0.4 is 5.32 Å². The van der Waals surface area contributed by atoms with Gasteiger partial charge in [0.1, 0.15) is 5.69 Å². The number of fused-ring (bicyclic) bond motifs is 1. The van der Waals surface area contributed by atoms with Gasteiger partial charge in [-0.25, -0.2) is 0 Å². The van der Waals surface area contributed by atoms with Crippen LogP contribution in [0, 0.1) is 25.7 Å². The highest BCUT2D eigenvalue weighted by molar-refractivity contribution is 7.95. The molecule has 7 nitrogen and oxygen atoms in total. The van der Waals surface area contributed by atoms with E-state index in [4.69, 9.17) is 4.52 Å². The minimum atomic E-state index is -3.58. The van der Waals surface area contributed by atoms with Crippen molar-refractivity contribution in [1.29, 1.82) is 0 Å². The first-order valence-corrected chi connectivity index (χ1v) is 9.03. The zero-order valence-electron chi connectivity index (χ0n) is 12.8. The SMILES string of the molecule is Cc1noc(C)c1[S+](=O)([O-])N1CCC2CC(=O)NCCC2C1. The Hall–Kier alpha value is -1.25. The highest BCUT2D eigenvalue weighted by Gasteiger charge is 2.42. The largest absolute Gasteiger partial charge is 0.593 e. The fourth-order valence-electron chi connectivity index (χ4n) is 3.54. The van der Waals surface area contributed by atoms with Crippen LogP contribution in [0.1, 0.15) is 30.7 Å². The molecule has 2 aliphatic rings. The highest BCUT2D eigenvalue weighted by atomic mass is 32.3. The van der Waals surface area contributed by atoms with Crippen LogP contribution in [-0.2, 0) is 19.4 Å². The van der Waals surface area contributed by atoms with E-state index in [0.717, 1.165) is 12.8 Å². The third-order valence-electron chi connectivity index (χ3n) is 4.70. The summed E-state index contributed by atoms with van der Waals surface area (Å²) in [7, 11) is -3.58. The zero-order chi connectivity index (χ0) is 15.9. The van der Waals surface area contributed by atoms with Crippen molar-refractivity contribution in [1.82, 2.24) is 14.8 Å². The normalized spacial score (nSPS) is 29.3. The topological polar surface area (TPSA) is 98.5 Å². The fraction of sp³-hybridized carbons (Fsp3) is 0.714. The smallest absolute Gasteiger partial charge is 0.240 e. The van der Waals surface area contributed by atoms with E-state index in [1.54, 1.807) is 13.8 Å². The van der Waals surface area contributed by atoms with Crippen molar-refractivity contribution in [3.8, 4) is 0 Å². The number of rotatable bonds is 2. The zero-order valence-corrected chi connectivity index (χ0v) is 13.6. The van der Waals surface area contributed by atoms with Crippen LogP contribution in [0.15, 0.2) is 9.42 Å². The maximum absolute atomic E-state index is 12.9. The summed E-state index contributed by atoms with van der Waals surface area (Å²) in [6.45, 7) is 4.80. The number of sulfonamides is 1. The second-order valence-electron chi connectivity index (χ2n) is 6.17. The Morgan fingerprint density at radius 3 is 2.82 bits per heavy atom. The van der Waals surface area contributed by atoms with E-state index in [2.05, 4.69) is 10.5 Å². The Bertz CT molecular complexity index is 610. The Morgan fingerprint density at radius 1 is 1.36 bits per heavy atom. The lowest BCUT2D eigenvalue weighted by atomic mass is 9.83. The minimum Gasteiger partial charge on any atom is -0.593 e. The highest BCUT2D eigenvalue weighted by Crippen LogP contribution is 2.36. The number of nitrogens with zero attached hydrogens (tertiary/aromatic N) is 2. The lowest BCUT2D eigenvalue weighted by Gasteiger charge is -2.37. The molecule has 0 aromatic carbocycles. The first-order valence-electron chi connectivity index (χ1n) is 7.59. The van der Waals surface area contributed by atoms with Crippen LogP contribution in [-0.4, -0.2) is 39.6 Å². The molecule has 2 aliphatic heterocycles. The summed E-state index contributed by atoms with van der Waals surface area (Å²) < 4.78 is 32.2. The number of hydrogen-bond donors (Lipinski definition) is 1. The number of piperidine rings is 1. The summed E-state index contributed by atoms with van der Waals surface area (Å²) in [6.07, 6.45) is 2.05. The van der Waals surface area contributed by atoms with Crippen LogP contribution in [0.4, 0.5) is 0 Å². The van der Waals surface area contributed by atoms with E-state index in [-0.39, 0.29) is 22.6 Å². The third kappa shape index (κ3) is 2.70. The van der Waals surface area contributed by atoms with Crippen LogP contribution in [0.5, 0.6) is 0 Å². The Kier molecular flexibility index (Phi) is 4.09. The molecule has 8 heteroatoms. The molecule has 0 aliphatic carbocycles. The van der Waals surface area contributed by atoms with E-state index in [1.165, 1.54) is 4.31 Å². The van der Waals surface area contributed by atoms with Crippen LogP contribution in [0.2, 0.25) is 0 Å². The van der Waals surface area contributed by atoms with Gasteiger partial charge in [0, 0.05) is 33.0 Å². The summed E-state index contributed by atoms with van der Waals surface area (Å²) in [5.74, 6) is 0.911. The molecule has 3 unspecified atom stereocenters. The lowest BCUT2D eigenvalue weighted by molar-refractivity contribution is -0.121.